The van der Waals surface area contributed by atoms with E-state index in [1.807, 2.05) is 38.1 Å². The van der Waals surface area contributed by atoms with E-state index in [1.165, 1.54) is 5.56 Å². The summed E-state index contributed by atoms with van der Waals surface area (Å²) in [5.74, 6) is 0.272. The van der Waals surface area contributed by atoms with E-state index in [0.717, 1.165) is 25.0 Å². The maximum absolute atomic E-state index is 12.1. The van der Waals surface area contributed by atoms with E-state index >= 15 is 0 Å². The topological polar surface area (TPSA) is 33.2 Å². The van der Waals surface area contributed by atoms with Crippen molar-refractivity contribution < 1.29 is 4.79 Å². The summed E-state index contributed by atoms with van der Waals surface area (Å²) in [7, 11) is 1.91. The van der Waals surface area contributed by atoms with E-state index in [9.17, 15) is 4.79 Å². The number of aromatic nitrogens is 1. The minimum Gasteiger partial charge on any atom is -0.338 e. The maximum Gasteiger partial charge on any atom is 0.225 e. The number of hydrogen-bond acceptors (Lipinski definition) is 2. The van der Waals surface area contributed by atoms with Crippen LogP contribution in [0.25, 0.3) is 0 Å². The first-order valence-electron chi connectivity index (χ1n) is 6.31. The van der Waals surface area contributed by atoms with Crippen LogP contribution in [0.1, 0.15) is 44.0 Å². The molecular weight excluding hydrogens is 212 g/mol. The third-order valence-electron chi connectivity index (χ3n) is 3.48. The van der Waals surface area contributed by atoms with Gasteiger partial charge < -0.3 is 4.90 Å². The van der Waals surface area contributed by atoms with Gasteiger partial charge in [-0.1, -0.05) is 19.9 Å². The molecule has 1 aromatic heterocycles. The Hall–Kier alpha value is -1.38. The quantitative estimate of drug-likeness (QED) is 0.785. The molecule has 17 heavy (non-hydrogen) atoms. The van der Waals surface area contributed by atoms with Crippen LogP contribution in [0.15, 0.2) is 18.3 Å². The lowest BCUT2D eigenvalue weighted by Crippen LogP contribution is -2.36. The zero-order valence-electron chi connectivity index (χ0n) is 10.8. The van der Waals surface area contributed by atoms with Gasteiger partial charge >= 0.3 is 0 Å². The van der Waals surface area contributed by atoms with Crippen molar-refractivity contribution >= 4 is 5.91 Å². The van der Waals surface area contributed by atoms with Crippen molar-refractivity contribution in [3.05, 3.63) is 29.6 Å². The summed E-state index contributed by atoms with van der Waals surface area (Å²) >= 11 is 0. The standard InChI is InChI=1S/C14H20N2O/c1-10(2)14(17)16(3)13-8-4-7-12-11(13)6-5-9-15-12/h5-6,9-10,13H,4,7-8H2,1-3H3. The van der Waals surface area contributed by atoms with Gasteiger partial charge in [0.2, 0.25) is 5.91 Å². The number of carbonyl (C=O) groups excluding carboxylic acids is 1. The van der Waals surface area contributed by atoms with Gasteiger partial charge in [0, 0.05) is 24.9 Å². The Bertz CT molecular complexity index is 414. The molecule has 0 saturated carbocycles. The fourth-order valence-electron chi connectivity index (χ4n) is 2.54. The molecule has 0 spiro atoms. The fourth-order valence-corrected chi connectivity index (χ4v) is 2.54. The summed E-state index contributed by atoms with van der Waals surface area (Å²) in [6.07, 6.45) is 5.04. The van der Waals surface area contributed by atoms with Crippen LogP contribution >= 0.6 is 0 Å². The van der Waals surface area contributed by atoms with Gasteiger partial charge in [0.15, 0.2) is 0 Å². The number of fused-ring (bicyclic) bond motifs is 1. The van der Waals surface area contributed by atoms with Crippen LogP contribution in [0.5, 0.6) is 0 Å². The van der Waals surface area contributed by atoms with Crippen LogP contribution in [-0.4, -0.2) is 22.8 Å². The molecule has 0 radical (unpaired) electrons. The normalized spacial score (nSPS) is 18.9. The zero-order chi connectivity index (χ0) is 12.4. The molecule has 0 aliphatic heterocycles. The van der Waals surface area contributed by atoms with Gasteiger partial charge in [0.25, 0.3) is 0 Å². The molecule has 1 amide bonds. The van der Waals surface area contributed by atoms with Crippen molar-refractivity contribution in [3.63, 3.8) is 0 Å². The minimum absolute atomic E-state index is 0.0575. The summed E-state index contributed by atoms with van der Waals surface area (Å²) < 4.78 is 0. The Labute approximate surface area is 103 Å². The number of carbonyl (C=O) groups is 1. The molecule has 3 nitrogen and oxygen atoms in total. The first-order valence-corrected chi connectivity index (χ1v) is 6.31. The van der Waals surface area contributed by atoms with Crippen LogP contribution in [0.2, 0.25) is 0 Å². The van der Waals surface area contributed by atoms with Crippen molar-refractivity contribution in [1.29, 1.82) is 0 Å². The molecule has 1 atom stereocenters. The van der Waals surface area contributed by atoms with Crippen molar-refractivity contribution in [1.82, 2.24) is 9.88 Å². The lowest BCUT2D eigenvalue weighted by Gasteiger charge is -2.33. The molecule has 0 aromatic carbocycles. The van der Waals surface area contributed by atoms with Crippen LogP contribution in [-0.2, 0) is 11.2 Å². The molecule has 92 valence electrons. The number of nitrogens with zero attached hydrogens (tertiary/aromatic N) is 2. The van der Waals surface area contributed by atoms with Gasteiger partial charge in [0.1, 0.15) is 0 Å². The van der Waals surface area contributed by atoms with Crippen molar-refractivity contribution in [2.45, 2.75) is 39.2 Å². The predicted molar refractivity (Wildman–Crippen MR) is 67.5 cm³/mol. The average molecular weight is 232 g/mol. The monoisotopic (exact) mass is 232 g/mol. The van der Waals surface area contributed by atoms with Crippen LogP contribution in [0.3, 0.4) is 0 Å². The largest absolute Gasteiger partial charge is 0.338 e. The molecule has 0 N–H and O–H groups in total. The molecule has 1 aliphatic rings. The molecule has 1 aromatic rings. The van der Waals surface area contributed by atoms with Gasteiger partial charge in [-0.2, -0.15) is 0 Å². The Kier molecular flexibility index (Phi) is 3.46. The second-order valence-electron chi connectivity index (χ2n) is 5.05. The van der Waals surface area contributed by atoms with E-state index in [1.54, 1.807) is 0 Å². The number of amides is 1. The highest BCUT2D eigenvalue weighted by Crippen LogP contribution is 2.32. The van der Waals surface area contributed by atoms with Gasteiger partial charge in [-0.15, -0.1) is 0 Å². The summed E-state index contributed by atoms with van der Waals surface area (Å²) in [4.78, 5) is 18.4. The fraction of sp³-hybridized carbons (Fsp3) is 0.571. The van der Waals surface area contributed by atoms with Crippen LogP contribution < -0.4 is 0 Å². The second-order valence-corrected chi connectivity index (χ2v) is 5.05. The summed E-state index contributed by atoms with van der Waals surface area (Å²) in [6.45, 7) is 3.90. The highest BCUT2D eigenvalue weighted by atomic mass is 16.2. The summed E-state index contributed by atoms with van der Waals surface area (Å²) in [6, 6.07) is 4.28. The number of aryl methyl sites for hydroxylation is 1. The Morgan fingerprint density at radius 1 is 1.53 bits per heavy atom. The molecule has 0 bridgehead atoms. The third-order valence-corrected chi connectivity index (χ3v) is 3.48. The lowest BCUT2D eigenvalue weighted by atomic mass is 9.90. The molecular formula is C14H20N2O. The SMILES string of the molecule is CC(C)C(=O)N(C)C1CCCc2ncccc21. The van der Waals surface area contributed by atoms with Crippen molar-refractivity contribution in [3.8, 4) is 0 Å². The number of pyridine rings is 1. The second kappa shape index (κ2) is 4.86. The van der Waals surface area contributed by atoms with Crippen molar-refractivity contribution in [2.75, 3.05) is 7.05 Å². The third kappa shape index (κ3) is 2.33. The minimum atomic E-state index is 0.0575. The van der Waals surface area contributed by atoms with Gasteiger partial charge in [-0.25, -0.2) is 0 Å². The molecule has 1 heterocycles. The molecule has 2 rings (SSSR count). The van der Waals surface area contributed by atoms with Gasteiger partial charge in [0.05, 0.1) is 6.04 Å². The van der Waals surface area contributed by atoms with Crippen molar-refractivity contribution in [2.24, 2.45) is 5.92 Å². The Balaban J connectivity index is 2.26. The highest BCUT2D eigenvalue weighted by Gasteiger charge is 2.27. The van der Waals surface area contributed by atoms with Gasteiger partial charge in [-0.05, 0) is 30.9 Å². The van der Waals surface area contributed by atoms with E-state index in [2.05, 4.69) is 11.1 Å². The lowest BCUT2D eigenvalue weighted by molar-refractivity contribution is -0.135. The van der Waals surface area contributed by atoms with E-state index in [-0.39, 0.29) is 17.9 Å². The Morgan fingerprint density at radius 3 is 3.00 bits per heavy atom. The average Bonchev–Trinajstić information content (AvgIpc) is 2.36. The van der Waals surface area contributed by atoms with E-state index in [0.29, 0.717) is 0 Å². The first-order chi connectivity index (χ1) is 8.11. The Morgan fingerprint density at radius 2 is 2.29 bits per heavy atom. The number of rotatable bonds is 2. The molecule has 0 fully saturated rings. The smallest absolute Gasteiger partial charge is 0.225 e. The predicted octanol–water partition coefficient (Wildman–Crippen LogP) is 2.57. The van der Waals surface area contributed by atoms with Crippen LogP contribution in [0, 0.1) is 5.92 Å². The van der Waals surface area contributed by atoms with Gasteiger partial charge in [-0.3, -0.25) is 9.78 Å². The molecule has 1 unspecified atom stereocenters. The molecule has 3 heteroatoms. The first kappa shape index (κ1) is 12.1. The van der Waals surface area contributed by atoms with E-state index < -0.39 is 0 Å². The van der Waals surface area contributed by atoms with E-state index in [4.69, 9.17) is 0 Å². The van der Waals surface area contributed by atoms with Crippen LogP contribution in [0.4, 0.5) is 0 Å². The summed E-state index contributed by atoms with van der Waals surface area (Å²) in [5.41, 5.74) is 2.39. The zero-order valence-corrected chi connectivity index (χ0v) is 10.8. The molecule has 1 aliphatic carbocycles. The highest BCUT2D eigenvalue weighted by molar-refractivity contribution is 5.78. The maximum atomic E-state index is 12.1. The number of hydrogen-bond donors (Lipinski definition) is 0. The summed E-state index contributed by atoms with van der Waals surface area (Å²) in [5, 5.41) is 0. The molecule has 0 saturated heterocycles.